The summed E-state index contributed by atoms with van der Waals surface area (Å²) >= 11 is 5.55. The molecule has 0 bridgehead atoms. The lowest BCUT2D eigenvalue weighted by Crippen LogP contribution is -2.45. The molecule has 3 amide bonds. The van der Waals surface area contributed by atoms with Gasteiger partial charge in [0.25, 0.3) is 5.91 Å². The fraction of sp³-hybridized carbons (Fsp3) is 0.750. The lowest BCUT2D eigenvalue weighted by Gasteiger charge is -2.26. The van der Waals surface area contributed by atoms with Gasteiger partial charge in [-0.2, -0.15) is 4.42 Å². The lowest BCUT2D eigenvalue weighted by molar-refractivity contribution is -0.128. The largest absolute Gasteiger partial charge is 0.371 e. The Labute approximate surface area is 86.7 Å². The van der Waals surface area contributed by atoms with E-state index in [4.69, 9.17) is 16.5 Å². The van der Waals surface area contributed by atoms with E-state index in [2.05, 4.69) is 0 Å². The van der Waals surface area contributed by atoms with Gasteiger partial charge in [0.2, 0.25) is 0 Å². The second kappa shape index (κ2) is 2.84. The number of nitrogens with zero attached hydrogens (tertiary/aromatic N) is 2. The molecule has 78 valence electrons. The van der Waals surface area contributed by atoms with Crippen LogP contribution in [0.4, 0.5) is 4.79 Å². The van der Waals surface area contributed by atoms with Crippen LogP contribution in [0.25, 0.3) is 0 Å². The Kier molecular flexibility index (Phi) is 1.97. The molecule has 1 unspecified atom stereocenters. The van der Waals surface area contributed by atoms with Gasteiger partial charge in [0, 0.05) is 11.8 Å². The Morgan fingerprint density at radius 2 is 2.14 bits per heavy atom. The fourth-order valence-corrected chi connectivity index (χ4v) is 1.77. The maximum absolute atomic E-state index is 11.5. The predicted molar refractivity (Wildman–Crippen MR) is 48.6 cm³/mol. The highest BCUT2D eigenvalue weighted by atomic mass is 35.5. The van der Waals surface area contributed by atoms with Crippen molar-refractivity contribution in [3.05, 3.63) is 0 Å². The summed E-state index contributed by atoms with van der Waals surface area (Å²) in [6.45, 7) is 4.44. The van der Waals surface area contributed by atoms with Crippen molar-refractivity contribution in [1.29, 1.82) is 0 Å². The van der Waals surface area contributed by atoms with Crippen molar-refractivity contribution < 1.29 is 14.3 Å². The number of rotatable bonds is 2. The van der Waals surface area contributed by atoms with Gasteiger partial charge in [-0.15, -0.1) is 0 Å². The molecule has 0 aromatic rings. The van der Waals surface area contributed by atoms with Crippen molar-refractivity contribution in [2.75, 3.05) is 13.2 Å². The minimum absolute atomic E-state index is 0.0641. The van der Waals surface area contributed by atoms with E-state index in [-0.39, 0.29) is 12.0 Å². The number of imide groups is 1. The van der Waals surface area contributed by atoms with E-state index >= 15 is 0 Å². The number of carbonyl (C=O) groups excluding carboxylic acids is 2. The van der Waals surface area contributed by atoms with Crippen molar-refractivity contribution in [3.63, 3.8) is 0 Å². The normalized spacial score (nSPS) is 30.1. The Balaban J connectivity index is 2.20. The van der Waals surface area contributed by atoms with Crippen LogP contribution in [0.2, 0.25) is 0 Å². The highest BCUT2D eigenvalue weighted by molar-refractivity contribution is 6.33. The smallest absolute Gasteiger partial charge is 0.342 e. The zero-order valence-corrected chi connectivity index (χ0v) is 8.74. The van der Waals surface area contributed by atoms with Gasteiger partial charge in [-0.3, -0.25) is 4.79 Å². The maximum Gasteiger partial charge on any atom is 0.342 e. The fourth-order valence-electron chi connectivity index (χ4n) is 1.47. The highest BCUT2D eigenvalue weighted by Gasteiger charge is 2.52. The van der Waals surface area contributed by atoms with Crippen LogP contribution in [0.15, 0.2) is 0 Å². The molecule has 2 saturated heterocycles. The summed E-state index contributed by atoms with van der Waals surface area (Å²) in [6, 6.07) is -0.461. The molecule has 0 aromatic carbocycles. The Morgan fingerprint density at radius 3 is 2.50 bits per heavy atom. The van der Waals surface area contributed by atoms with E-state index in [1.807, 2.05) is 0 Å². The number of urea groups is 1. The molecule has 2 heterocycles. The van der Waals surface area contributed by atoms with Crippen LogP contribution < -0.4 is 0 Å². The van der Waals surface area contributed by atoms with Gasteiger partial charge in [-0.25, -0.2) is 4.79 Å². The van der Waals surface area contributed by atoms with Crippen LogP contribution in [-0.4, -0.2) is 46.1 Å². The number of hydrogen-bond donors (Lipinski definition) is 0. The van der Waals surface area contributed by atoms with Crippen molar-refractivity contribution in [1.82, 2.24) is 9.32 Å². The molecule has 0 radical (unpaired) electrons. The van der Waals surface area contributed by atoms with E-state index in [1.54, 1.807) is 13.8 Å². The average Bonchev–Trinajstić information content (AvgIpc) is 2.90. The SMILES string of the molecule is CC1(C)C(=O)N(Cl)C(=O)N1CC1CO1. The Hall–Kier alpha value is -0.810. The number of epoxide rings is 1. The predicted octanol–water partition coefficient (Wildman–Crippen LogP) is 0.582. The first-order valence-corrected chi connectivity index (χ1v) is 4.72. The molecular weight excluding hydrogens is 208 g/mol. The van der Waals surface area contributed by atoms with E-state index < -0.39 is 11.6 Å². The third-order valence-electron chi connectivity index (χ3n) is 2.56. The molecule has 14 heavy (non-hydrogen) atoms. The van der Waals surface area contributed by atoms with E-state index in [0.717, 1.165) is 0 Å². The average molecular weight is 219 g/mol. The van der Waals surface area contributed by atoms with Crippen LogP contribution in [-0.2, 0) is 9.53 Å². The summed E-state index contributed by atoms with van der Waals surface area (Å²) in [5, 5.41) is 0. The minimum Gasteiger partial charge on any atom is -0.371 e. The monoisotopic (exact) mass is 218 g/mol. The second-order valence-corrected chi connectivity index (χ2v) is 4.33. The Bertz CT molecular complexity index is 301. The first-order chi connectivity index (χ1) is 6.44. The van der Waals surface area contributed by atoms with Crippen molar-refractivity contribution in [3.8, 4) is 0 Å². The summed E-state index contributed by atoms with van der Waals surface area (Å²) in [5.41, 5.74) is -0.856. The summed E-state index contributed by atoms with van der Waals surface area (Å²) in [7, 11) is 0. The Morgan fingerprint density at radius 1 is 1.57 bits per heavy atom. The first kappa shape index (κ1) is 9.73. The minimum atomic E-state index is -0.856. The zero-order chi connectivity index (χ0) is 10.5. The van der Waals surface area contributed by atoms with Gasteiger partial charge in [-0.05, 0) is 13.8 Å². The molecule has 1 atom stereocenters. The van der Waals surface area contributed by atoms with E-state index in [0.29, 0.717) is 17.6 Å². The third-order valence-corrected chi connectivity index (χ3v) is 2.86. The number of ether oxygens (including phenoxy) is 1. The van der Waals surface area contributed by atoms with E-state index in [1.165, 1.54) is 4.90 Å². The lowest BCUT2D eigenvalue weighted by atomic mass is 10.0. The number of hydrogen-bond acceptors (Lipinski definition) is 3. The standard InChI is InChI=1S/C8H11ClN2O3/c1-8(2)6(12)11(9)7(13)10(8)3-5-4-14-5/h5H,3-4H2,1-2H3. The van der Waals surface area contributed by atoms with Crippen LogP contribution in [0, 0.1) is 0 Å². The topological polar surface area (TPSA) is 53.2 Å². The van der Waals surface area contributed by atoms with Crippen LogP contribution in [0.1, 0.15) is 13.8 Å². The quantitative estimate of drug-likeness (QED) is 0.387. The van der Waals surface area contributed by atoms with Crippen molar-refractivity contribution in [2.45, 2.75) is 25.5 Å². The van der Waals surface area contributed by atoms with Crippen LogP contribution in [0.3, 0.4) is 0 Å². The molecule has 6 heteroatoms. The van der Waals surface area contributed by atoms with Gasteiger partial charge < -0.3 is 9.64 Å². The van der Waals surface area contributed by atoms with Gasteiger partial charge in [-0.1, -0.05) is 0 Å². The zero-order valence-electron chi connectivity index (χ0n) is 7.99. The second-order valence-electron chi connectivity index (χ2n) is 3.99. The summed E-state index contributed by atoms with van der Waals surface area (Å²) in [4.78, 5) is 24.5. The maximum atomic E-state index is 11.5. The van der Waals surface area contributed by atoms with Gasteiger partial charge in [0.1, 0.15) is 5.54 Å². The number of amides is 3. The number of halogens is 1. The molecule has 2 rings (SSSR count). The van der Waals surface area contributed by atoms with Crippen molar-refractivity contribution >= 4 is 23.7 Å². The number of carbonyl (C=O) groups is 2. The van der Waals surface area contributed by atoms with Gasteiger partial charge in [0.15, 0.2) is 0 Å². The van der Waals surface area contributed by atoms with E-state index in [9.17, 15) is 9.59 Å². The highest BCUT2D eigenvalue weighted by Crippen LogP contribution is 2.30. The first-order valence-electron chi connectivity index (χ1n) is 4.38. The van der Waals surface area contributed by atoms with Crippen molar-refractivity contribution in [2.24, 2.45) is 0 Å². The molecular formula is C8H11ClN2O3. The van der Waals surface area contributed by atoms with Gasteiger partial charge in [0.05, 0.1) is 19.3 Å². The molecule has 0 saturated carbocycles. The molecule has 0 aliphatic carbocycles. The molecule has 0 spiro atoms. The molecule has 2 aliphatic heterocycles. The third kappa shape index (κ3) is 1.27. The molecule has 0 aromatic heterocycles. The van der Waals surface area contributed by atoms with Crippen LogP contribution >= 0.6 is 11.8 Å². The van der Waals surface area contributed by atoms with Gasteiger partial charge >= 0.3 is 6.03 Å². The molecule has 2 aliphatic rings. The molecule has 5 nitrogen and oxygen atoms in total. The summed E-state index contributed by atoms with van der Waals surface area (Å²) in [5.74, 6) is -0.384. The summed E-state index contributed by atoms with van der Waals surface area (Å²) < 4.78 is 5.66. The van der Waals surface area contributed by atoms with Crippen LogP contribution in [0.5, 0.6) is 0 Å². The summed E-state index contributed by atoms with van der Waals surface area (Å²) in [6.07, 6.45) is 0.0641. The molecule has 0 N–H and O–H groups in total. The molecule has 2 fully saturated rings.